The smallest absolute Gasteiger partial charge is 0.102 e. The fraction of sp³-hybridized carbons (Fsp3) is 0. The summed E-state index contributed by atoms with van der Waals surface area (Å²) in [5, 5.41) is 38.0. The Morgan fingerprint density at radius 2 is 1.12 bits per heavy atom. The summed E-state index contributed by atoms with van der Waals surface area (Å²) in [5.74, 6) is 0. The van der Waals surface area contributed by atoms with Gasteiger partial charge in [0.25, 0.3) is 0 Å². The van der Waals surface area contributed by atoms with Crippen molar-refractivity contribution < 1.29 is 0 Å². The maximum Gasteiger partial charge on any atom is 0.102 e. The highest BCUT2D eigenvalue weighted by molar-refractivity contribution is 6.39. The first kappa shape index (κ1) is 17.8. The third-order valence-electron chi connectivity index (χ3n) is 6.19. The molecule has 0 bridgehead atoms. The number of aromatic nitrogens is 1. The Morgan fingerprint density at radius 3 is 1.75 bits per heavy atom. The third-order valence-corrected chi connectivity index (χ3v) is 6.19. The third kappa shape index (κ3) is 2.15. The quantitative estimate of drug-likeness (QED) is 0.272. The molecule has 0 atom stereocenters. The van der Waals surface area contributed by atoms with Crippen molar-refractivity contribution in [3.05, 3.63) is 89.6 Å². The van der Waals surface area contributed by atoms with Gasteiger partial charge in [-0.3, -0.25) is 4.98 Å². The Bertz CT molecular complexity index is 1910. The molecule has 0 aliphatic carbocycles. The van der Waals surface area contributed by atoms with E-state index in [0.29, 0.717) is 5.39 Å². The first-order chi connectivity index (χ1) is 15.8. The molecular formula is C28H12N4. The summed E-state index contributed by atoms with van der Waals surface area (Å²) in [6, 6.07) is 28.3. The van der Waals surface area contributed by atoms with Crippen LogP contribution in [0.25, 0.3) is 54.0 Å². The molecule has 0 aliphatic rings. The van der Waals surface area contributed by atoms with E-state index in [1.54, 1.807) is 12.3 Å². The maximum absolute atomic E-state index is 10.2. The van der Waals surface area contributed by atoms with Crippen LogP contribution in [0.15, 0.2) is 72.9 Å². The lowest BCUT2D eigenvalue weighted by Gasteiger charge is -2.17. The number of rotatable bonds is 0. The summed E-state index contributed by atoms with van der Waals surface area (Å²) in [5.41, 5.74) is 1.36. The van der Waals surface area contributed by atoms with Gasteiger partial charge in [0.1, 0.15) is 18.2 Å². The normalized spacial score (nSPS) is 11.0. The molecule has 1 heterocycles. The molecule has 0 unspecified atom stereocenters. The van der Waals surface area contributed by atoms with Gasteiger partial charge in [-0.25, -0.2) is 0 Å². The van der Waals surface area contributed by atoms with Crippen LogP contribution < -0.4 is 0 Å². The van der Waals surface area contributed by atoms with E-state index in [2.05, 4.69) is 36.4 Å². The molecule has 0 aliphatic heterocycles. The molecule has 0 saturated heterocycles. The maximum atomic E-state index is 10.2. The number of hydrogen-bond donors (Lipinski definition) is 0. The van der Waals surface area contributed by atoms with Gasteiger partial charge in [0, 0.05) is 27.7 Å². The van der Waals surface area contributed by atoms with Crippen molar-refractivity contribution in [2.45, 2.75) is 0 Å². The SMILES string of the molecule is N#Cc1cc2c3cccnc3c3c4ccccc4c4ccccc4c3c2c(C#N)c1C#N. The van der Waals surface area contributed by atoms with Gasteiger partial charge >= 0.3 is 0 Å². The molecule has 6 aromatic rings. The Hall–Kier alpha value is -4.98. The Kier molecular flexibility index (Phi) is 3.63. The zero-order chi connectivity index (χ0) is 21.8. The average molecular weight is 404 g/mol. The molecule has 6 rings (SSSR count). The lowest BCUT2D eigenvalue weighted by molar-refractivity contribution is 1.41. The molecule has 144 valence electrons. The molecule has 0 fully saturated rings. The molecule has 0 radical (unpaired) electrons. The van der Waals surface area contributed by atoms with Crippen molar-refractivity contribution in [1.82, 2.24) is 4.98 Å². The van der Waals surface area contributed by atoms with E-state index in [1.807, 2.05) is 42.5 Å². The van der Waals surface area contributed by atoms with E-state index in [1.165, 1.54) is 0 Å². The highest BCUT2D eigenvalue weighted by atomic mass is 14.6. The van der Waals surface area contributed by atoms with Crippen LogP contribution in [0.5, 0.6) is 0 Å². The van der Waals surface area contributed by atoms with Crippen LogP contribution in [0.4, 0.5) is 0 Å². The minimum Gasteiger partial charge on any atom is -0.256 e. The minimum absolute atomic E-state index is 0.115. The van der Waals surface area contributed by atoms with Crippen LogP contribution >= 0.6 is 0 Å². The molecule has 5 aromatic carbocycles. The van der Waals surface area contributed by atoms with E-state index in [9.17, 15) is 15.8 Å². The highest BCUT2D eigenvalue weighted by Crippen LogP contribution is 2.44. The number of nitriles is 3. The van der Waals surface area contributed by atoms with Crippen LogP contribution in [0.3, 0.4) is 0 Å². The zero-order valence-corrected chi connectivity index (χ0v) is 16.7. The molecule has 0 amide bonds. The second kappa shape index (κ2) is 6.51. The van der Waals surface area contributed by atoms with Gasteiger partial charge < -0.3 is 0 Å². The lowest BCUT2D eigenvalue weighted by Crippen LogP contribution is -1.96. The second-order valence-corrected chi connectivity index (χ2v) is 7.67. The molecule has 32 heavy (non-hydrogen) atoms. The van der Waals surface area contributed by atoms with Gasteiger partial charge in [0.15, 0.2) is 0 Å². The van der Waals surface area contributed by atoms with Crippen molar-refractivity contribution in [2.75, 3.05) is 0 Å². The van der Waals surface area contributed by atoms with Crippen LogP contribution in [-0.2, 0) is 0 Å². The van der Waals surface area contributed by atoms with E-state index in [0.717, 1.165) is 48.6 Å². The van der Waals surface area contributed by atoms with E-state index < -0.39 is 0 Å². The van der Waals surface area contributed by atoms with E-state index in [-0.39, 0.29) is 16.7 Å². The van der Waals surface area contributed by atoms with Crippen molar-refractivity contribution in [3.63, 3.8) is 0 Å². The number of pyridine rings is 1. The summed E-state index contributed by atoms with van der Waals surface area (Å²) in [6.45, 7) is 0. The first-order valence-corrected chi connectivity index (χ1v) is 10.1. The Labute approximate surface area is 182 Å². The van der Waals surface area contributed by atoms with Crippen LogP contribution in [0.2, 0.25) is 0 Å². The zero-order valence-electron chi connectivity index (χ0n) is 16.7. The number of nitrogens with zero attached hydrogens (tertiary/aromatic N) is 4. The lowest BCUT2D eigenvalue weighted by atomic mass is 9.85. The molecule has 0 saturated carbocycles. The van der Waals surface area contributed by atoms with Crippen molar-refractivity contribution >= 4 is 54.0 Å². The van der Waals surface area contributed by atoms with Gasteiger partial charge in [-0.1, -0.05) is 54.6 Å². The van der Waals surface area contributed by atoms with Gasteiger partial charge in [0.05, 0.1) is 22.2 Å². The topological polar surface area (TPSA) is 84.3 Å². The predicted molar refractivity (Wildman–Crippen MR) is 126 cm³/mol. The monoisotopic (exact) mass is 404 g/mol. The average Bonchev–Trinajstić information content (AvgIpc) is 2.87. The standard InChI is InChI=1S/C28H12N4/c29-13-16-12-22-21-10-5-11-32-28(21)27-20-9-4-2-7-18(20)17-6-1-3-8-19(17)26(27)25(22)24(15-31)23(16)14-30/h1-12H. The molecule has 0 spiro atoms. The van der Waals surface area contributed by atoms with Gasteiger partial charge in [-0.15, -0.1) is 0 Å². The van der Waals surface area contributed by atoms with Gasteiger partial charge in [-0.05, 0) is 39.1 Å². The number of fused-ring (bicyclic) bond motifs is 11. The summed E-state index contributed by atoms with van der Waals surface area (Å²) < 4.78 is 0. The summed E-state index contributed by atoms with van der Waals surface area (Å²) in [4.78, 5) is 4.74. The summed E-state index contributed by atoms with van der Waals surface area (Å²) in [6.07, 6.45) is 1.76. The number of hydrogen-bond acceptors (Lipinski definition) is 4. The molecule has 0 N–H and O–H groups in total. The van der Waals surface area contributed by atoms with Crippen molar-refractivity contribution in [2.24, 2.45) is 0 Å². The Balaban J connectivity index is 2.15. The van der Waals surface area contributed by atoms with E-state index in [4.69, 9.17) is 4.98 Å². The fourth-order valence-electron chi connectivity index (χ4n) is 4.94. The van der Waals surface area contributed by atoms with Crippen LogP contribution in [-0.4, -0.2) is 4.98 Å². The minimum atomic E-state index is 0.115. The van der Waals surface area contributed by atoms with Crippen LogP contribution in [0, 0.1) is 34.0 Å². The summed E-state index contributed by atoms with van der Waals surface area (Å²) >= 11 is 0. The Morgan fingerprint density at radius 1 is 0.531 bits per heavy atom. The van der Waals surface area contributed by atoms with Crippen LogP contribution in [0.1, 0.15) is 16.7 Å². The molecule has 1 aromatic heterocycles. The van der Waals surface area contributed by atoms with E-state index >= 15 is 0 Å². The van der Waals surface area contributed by atoms with Crippen molar-refractivity contribution in [1.29, 1.82) is 15.8 Å². The largest absolute Gasteiger partial charge is 0.256 e. The predicted octanol–water partition coefficient (Wildman–Crippen LogP) is 6.46. The number of benzene rings is 5. The molecule has 4 nitrogen and oxygen atoms in total. The van der Waals surface area contributed by atoms with Gasteiger partial charge in [0.2, 0.25) is 0 Å². The molecular weight excluding hydrogens is 392 g/mol. The van der Waals surface area contributed by atoms with Gasteiger partial charge in [-0.2, -0.15) is 15.8 Å². The van der Waals surface area contributed by atoms with Crippen molar-refractivity contribution in [3.8, 4) is 18.2 Å². The first-order valence-electron chi connectivity index (χ1n) is 10.1. The second-order valence-electron chi connectivity index (χ2n) is 7.67. The fourth-order valence-corrected chi connectivity index (χ4v) is 4.94. The summed E-state index contributed by atoms with van der Waals surface area (Å²) in [7, 11) is 0. The molecule has 4 heteroatoms. The highest BCUT2D eigenvalue weighted by Gasteiger charge is 2.22.